The number of nitrogens with zero attached hydrogens (tertiary/aromatic N) is 1. The Kier molecular flexibility index (Phi) is 2.95. The van der Waals surface area contributed by atoms with E-state index in [2.05, 4.69) is 42.0 Å². The molecule has 4 heteroatoms. The summed E-state index contributed by atoms with van der Waals surface area (Å²) in [4.78, 5) is 9.03. The molecule has 19 heavy (non-hydrogen) atoms. The van der Waals surface area contributed by atoms with Crippen molar-refractivity contribution in [2.24, 2.45) is 0 Å². The molecule has 96 valence electrons. The van der Waals surface area contributed by atoms with Gasteiger partial charge in [-0.3, -0.25) is 0 Å². The van der Waals surface area contributed by atoms with Crippen LogP contribution >= 0.6 is 11.8 Å². The van der Waals surface area contributed by atoms with E-state index < -0.39 is 0 Å². The maximum absolute atomic E-state index is 5.77. The molecule has 3 nitrogen and oxygen atoms in total. The molecular formula is C15H15N3S. The van der Waals surface area contributed by atoms with Gasteiger partial charge in [-0.25, -0.2) is 4.98 Å². The van der Waals surface area contributed by atoms with Crippen molar-refractivity contribution in [3.63, 3.8) is 0 Å². The number of rotatable bonds is 2. The molecule has 1 aromatic heterocycles. The van der Waals surface area contributed by atoms with Gasteiger partial charge in [0.25, 0.3) is 0 Å². The Balaban J connectivity index is 1.94. The minimum Gasteiger partial charge on any atom is -0.399 e. The molecule has 0 amide bonds. The molecule has 3 rings (SSSR count). The number of aromatic amines is 1. The predicted molar refractivity (Wildman–Crippen MR) is 80.5 cm³/mol. The third-order valence-corrected chi connectivity index (χ3v) is 4.05. The highest BCUT2D eigenvalue weighted by Crippen LogP contribution is 2.29. The summed E-state index contributed by atoms with van der Waals surface area (Å²) in [6, 6.07) is 12.2. The standard InChI is InChI=1S/C15H15N3S/c1-9-3-5-12(7-10(9)2)19-15-17-13-6-4-11(16)8-14(13)18-15/h3-8H,16H2,1-2H3,(H,17,18). The number of aromatic nitrogens is 2. The zero-order chi connectivity index (χ0) is 13.4. The summed E-state index contributed by atoms with van der Waals surface area (Å²) in [6.45, 7) is 4.24. The lowest BCUT2D eigenvalue weighted by atomic mass is 10.1. The van der Waals surface area contributed by atoms with Gasteiger partial charge in [-0.05, 0) is 55.3 Å². The number of nitrogen functional groups attached to an aromatic ring is 1. The molecule has 3 aromatic rings. The van der Waals surface area contributed by atoms with Gasteiger partial charge in [0.15, 0.2) is 5.16 Å². The fourth-order valence-electron chi connectivity index (χ4n) is 1.94. The fraction of sp³-hybridized carbons (Fsp3) is 0.133. The Hall–Kier alpha value is -1.94. The third-order valence-electron chi connectivity index (χ3n) is 3.18. The summed E-state index contributed by atoms with van der Waals surface area (Å²) in [5, 5.41) is 0.892. The van der Waals surface area contributed by atoms with Gasteiger partial charge in [0.2, 0.25) is 0 Å². The van der Waals surface area contributed by atoms with Crippen LogP contribution in [0.2, 0.25) is 0 Å². The first-order valence-electron chi connectivity index (χ1n) is 6.12. The van der Waals surface area contributed by atoms with Crippen molar-refractivity contribution in [3.8, 4) is 0 Å². The summed E-state index contributed by atoms with van der Waals surface area (Å²) in [5.41, 5.74) is 11.0. The van der Waals surface area contributed by atoms with Crippen LogP contribution in [0.15, 0.2) is 46.5 Å². The Bertz CT molecular complexity index is 746. The minimum atomic E-state index is 0.749. The van der Waals surface area contributed by atoms with Gasteiger partial charge in [0.05, 0.1) is 11.0 Å². The number of hydrogen-bond acceptors (Lipinski definition) is 3. The Morgan fingerprint density at radius 1 is 1.05 bits per heavy atom. The van der Waals surface area contributed by atoms with E-state index in [1.54, 1.807) is 11.8 Å². The average Bonchev–Trinajstić information content (AvgIpc) is 2.75. The molecular weight excluding hydrogens is 254 g/mol. The van der Waals surface area contributed by atoms with Gasteiger partial charge < -0.3 is 10.7 Å². The Morgan fingerprint density at radius 2 is 1.89 bits per heavy atom. The van der Waals surface area contributed by atoms with E-state index in [0.29, 0.717) is 0 Å². The highest BCUT2D eigenvalue weighted by Gasteiger charge is 2.05. The molecule has 0 aliphatic carbocycles. The predicted octanol–water partition coefficient (Wildman–Crippen LogP) is 3.91. The molecule has 0 aliphatic heterocycles. The molecule has 0 spiro atoms. The number of anilines is 1. The van der Waals surface area contributed by atoms with Crippen molar-refractivity contribution in [1.29, 1.82) is 0 Å². The summed E-state index contributed by atoms with van der Waals surface area (Å²) in [6.07, 6.45) is 0. The minimum absolute atomic E-state index is 0.749. The van der Waals surface area contributed by atoms with Crippen molar-refractivity contribution in [1.82, 2.24) is 9.97 Å². The lowest BCUT2D eigenvalue weighted by Crippen LogP contribution is -1.82. The van der Waals surface area contributed by atoms with Gasteiger partial charge in [-0.2, -0.15) is 0 Å². The molecule has 1 heterocycles. The van der Waals surface area contributed by atoms with Crippen LogP contribution in [0.1, 0.15) is 11.1 Å². The number of aryl methyl sites for hydroxylation is 2. The van der Waals surface area contributed by atoms with Crippen LogP contribution in [0.4, 0.5) is 5.69 Å². The first kappa shape index (κ1) is 12.1. The molecule has 0 bridgehead atoms. The van der Waals surface area contributed by atoms with Gasteiger partial charge >= 0.3 is 0 Å². The highest BCUT2D eigenvalue weighted by atomic mass is 32.2. The lowest BCUT2D eigenvalue weighted by molar-refractivity contribution is 1.08. The van der Waals surface area contributed by atoms with Gasteiger partial charge in [0, 0.05) is 10.6 Å². The molecule has 0 radical (unpaired) electrons. The molecule has 3 N–H and O–H groups in total. The fourth-order valence-corrected chi connectivity index (χ4v) is 2.84. The van der Waals surface area contributed by atoms with Gasteiger partial charge in [-0.1, -0.05) is 17.8 Å². The molecule has 0 aliphatic rings. The molecule has 0 fully saturated rings. The van der Waals surface area contributed by atoms with E-state index in [9.17, 15) is 0 Å². The van der Waals surface area contributed by atoms with Crippen LogP contribution < -0.4 is 5.73 Å². The van der Waals surface area contributed by atoms with Crippen LogP contribution in [-0.2, 0) is 0 Å². The molecule has 2 aromatic carbocycles. The van der Waals surface area contributed by atoms with E-state index in [0.717, 1.165) is 21.9 Å². The maximum Gasteiger partial charge on any atom is 0.171 e. The second kappa shape index (κ2) is 4.63. The van der Waals surface area contributed by atoms with Crippen molar-refractivity contribution in [3.05, 3.63) is 47.5 Å². The topological polar surface area (TPSA) is 54.7 Å². The first-order valence-corrected chi connectivity index (χ1v) is 6.94. The molecule has 0 saturated heterocycles. The SMILES string of the molecule is Cc1ccc(Sc2nc3ccc(N)cc3[nH]2)cc1C. The van der Waals surface area contributed by atoms with Crippen molar-refractivity contribution in [2.45, 2.75) is 23.9 Å². The second-order valence-electron chi connectivity index (χ2n) is 4.67. The van der Waals surface area contributed by atoms with Crippen LogP contribution in [0.5, 0.6) is 0 Å². The third kappa shape index (κ3) is 2.44. The molecule has 0 atom stereocenters. The summed E-state index contributed by atoms with van der Waals surface area (Å²) < 4.78 is 0. The average molecular weight is 269 g/mol. The normalized spacial score (nSPS) is 11.1. The molecule has 0 unspecified atom stereocenters. The number of imidazole rings is 1. The number of H-pyrrole nitrogens is 1. The Labute approximate surface area is 116 Å². The van der Waals surface area contributed by atoms with E-state index >= 15 is 0 Å². The smallest absolute Gasteiger partial charge is 0.171 e. The number of nitrogens with two attached hydrogens (primary N) is 1. The zero-order valence-electron chi connectivity index (χ0n) is 10.9. The van der Waals surface area contributed by atoms with Gasteiger partial charge in [0.1, 0.15) is 0 Å². The van der Waals surface area contributed by atoms with Crippen molar-refractivity contribution < 1.29 is 0 Å². The van der Waals surface area contributed by atoms with Gasteiger partial charge in [-0.15, -0.1) is 0 Å². The summed E-state index contributed by atoms with van der Waals surface area (Å²) >= 11 is 1.63. The zero-order valence-corrected chi connectivity index (χ0v) is 11.7. The lowest BCUT2D eigenvalue weighted by Gasteiger charge is -2.02. The number of nitrogens with one attached hydrogen (secondary N) is 1. The van der Waals surface area contributed by atoms with E-state index in [4.69, 9.17) is 5.73 Å². The van der Waals surface area contributed by atoms with E-state index in [1.807, 2.05) is 18.2 Å². The Morgan fingerprint density at radius 3 is 2.68 bits per heavy atom. The molecule has 0 saturated carbocycles. The number of benzene rings is 2. The van der Waals surface area contributed by atoms with E-state index in [-0.39, 0.29) is 0 Å². The summed E-state index contributed by atoms with van der Waals surface area (Å²) in [5.74, 6) is 0. The van der Waals surface area contributed by atoms with Crippen LogP contribution in [0.3, 0.4) is 0 Å². The first-order chi connectivity index (χ1) is 9.11. The van der Waals surface area contributed by atoms with Crippen LogP contribution in [-0.4, -0.2) is 9.97 Å². The number of fused-ring (bicyclic) bond motifs is 1. The number of hydrogen-bond donors (Lipinski definition) is 2. The quantitative estimate of drug-likeness (QED) is 0.693. The summed E-state index contributed by atoms with van der Waals surface area (Å²) in [7, 11) is 0. The maximum atomic E-state index is 5.77. The van der Waals surface area contributed by atoms with Crippen molar-refractivity contribution >= 4 is 28.5 Å². The van der Waals surface area contributed by atoms with Crippen LogP contribution in [0, 0.1) is 13.8 Å². The van der Waals surface area contributed by atoms with Crippen molar-refractivity contribution in [2.75, 3.05) is 5.73 Å². The second-order valence-corrected chi connectivity index (χ2v) is 5.73. The highest BCUT2D eigenvalue weighted by molar-refractivity contribution is 7.99. The largest absolute Gasteiger partial charge is 0.399 e. The van der Waals surface area contributed by atoms with E-state index in [1.165, 1.54) is 16.0 Å². The monoisotopic (exact) mass is 269 g/mol. The van der Waals surface area contributed by atoms with Crippen LogP contribution in [0.25, 0.3) is 11.0 Å².